The van der Waals surface area contributed by atoms with Gasteiger partial charge in [-0.15, -0.1) is 0 Å². The molecule has 1 aliphatic rings. The molecule has 0 fully saturated rings. The zero-order valence-corrected chi connectivity index (χ0v) is 13.5. The van der Waals surface area contributed by atoms with Gasteiger partial charge in [0.15, 0.2) is 0 Å². The average Bonchev–Trinajstić information content (AvgIpc) is 2.71. The second-order valence-corrected chi connectivity index (χ2v) is 5.93. The van der Waals surface area contributed by atoms with Crippen LogP contribution < -0.4 is 10.1 Å². The van der Waals surface area contributed by atoms with Crippen molar-refractivity contribution in [2.75, 3.05) is 12.4 Å². The third-order valence-electron chi connectivity index (χ3n) is 3.97. The van der Waals surface area contributed by atoms with Gasteiger partial charge in [0.1, 0.15) is 11.8 Å². The first-order valence-electron chi connectivity index (χ1n) is 7.72. The Bertz CT molecular complexity index is 748. The van der Waals surface area contributed by atoms with E-state index in [9.17, 15) is 4.79 Å². The van der Waals surface area contributed by atoms with Crippen LogP contribution >= 0.6 is 0 Å². The standard InChI is InChI=1S/C19H20N2O2/c1-12(2)17-19(22)20-16-7-5-4-6-15(16)18(21-17)13-8-10-14(23-3)11-9-13/h4-12,17H,1-3H3,(H,20,22). The molecular formula is C19H20N2O2. The summed E-state index contributed by atoms with van der Waals surface area (Å²) < 4.78 is 5.22. The number of benzodiazepines with no additional fused rings is 1. The van der Waals surface area contributed by atoms with Gasteiger partial charge in [0.25, 0.3) is 0 Å². The zero-order chi connectivity index (χ0) is 16.4. The van der Waals surface area contributed by atoms with Gasteiger partial charge in [0, 0.05) is 11.1 Å². The molecule has 1 heterocycles. The molecule has 1 N–H and O–H groups in total. The van der Waals surface area contributed by atoms with E-state index >= 15 is 0 Å². The highest BCUT2D eigenvalue weighted by atomic mass is 16.5. The van der Waals surface area contributed by atoms with Crippen LogP contribution in [0.15, 0.2) is 53.5 Å². The number of carbonyl (C=O) groups is 1. The Kier molecular flexibility index (Phi) is 4.15. The summed E-state index contributed by atoms with van der Waals surface area (Å²) in [4.78, 5) is 17.2. The number of rotatable bonds is 3. The summed E-state index contributed by atoms with van der Waals surface area (Å²) >= 11 is 0. The third kappa shape index (κ3) is 2.97. The Balaban J connectivity index is 2.15. The van der Waals surface area contributed by atoms with Crippen LogP contribution in [-0.2, 0) is 4.79 Å². The van der Waals surface area contributed by atoms with Crippen molar-refractivity contribution in [2.24, 2.45) is 10.9 Å². The molecule has 1 unspecified atom stereocenters. The van der Waals surface area contributed by atoms with E-state index < -0.39 is 6.04 Å². The first-order chi connectivity index (χ1) is 11.1. The van der Waals surface area contributed by atoms with Gasteiger partial charge in [0.05, 0.1) is 18.5 Å². The van der Waals surface area contributed by atoms with Crippen molar-refractivity contribution in [2.45, 2.75) is 19.9 Å². The van der Waals surface area contributed by atoms with Crippen molar-refractivity contribution in [3.8, 4) is 5.75 Å². The fraction of sp³-hybridized carbons (Fsp3) is 0.263. The maximum absolute atomic E-state index is 12.5. The van der Waals surface area contributed by atoms with E-state index in [0.29, 0.717) is 0 Å². The highest BCUT2D eigenvalue weighted by Gasteiger charge is 2.27. The van der Waals surface area contributed by atoms with Gasteiger partial charge >= 0.3 is 0 Å². The fourth-order valence-corrected chi connectivity index (χ4v) is 2.70. The van der Waals surface area contributed by atoms with Crippen molar-refractivity contribution in [3.63, 3.8) is 0 Å². The number of nitrogens with zero attached hydrogens (tertiary/aromatic N) is 1. The molecule has 1 amide bonds. The van der Waals surface area contributed by atoms with E-state index in [1.165, 1.54) is 0 Å². The maximum Gasteiger partial charge on any atom is 0.249 e. The minimum Gasteiger partial charge on any atom is -0.497 e. The SMILES string of the molecule is COc1ccc(C2=NC(C(C)C)C(=O)Nc3ccccc32)cc1. The molecular weight excluding hydrogens is 288 g/mol. The minimum absolute atomic E-state index is 0.0593. The summed E-state index contributed by atoms with van der Waals surface area (Å²) in [7, 11) is 1.64. The van der Waals surface area contributed by atoms with Crippen molar-refractivity contribution in [1.29, 1.82) is 0 Å². The van der Waals surface area contributed by atoms with E-state index in [4.69, 9.17) is 9.73 Å². The molecule has 0 bridgehead atoms. The van der Waals surface area contributed by atoms with E-state index in [2.05, 4.69) is 5.32 Å². The Morgan fingerprint density at radius 2 is 1.78 bits per heavy atom. The number of carbonyl (C=O) groups excluding carboxylic acids is 1. The van der Waals surface area contributed by atoms with E-state index in [1.807, 2.05) is 62.4 Å². The monoisotopic (exact) mass is 308 g/mol. The number of ether oxygens (including phenoxy) is 1. The zero-order valence-electron chi connectivity index (χ0n) is 13.5. The van der Waals surface area contributed by atoms with E-state index in [1.54, 1.807) is 7.11 Å². The van der Waals surface area contributed by atoms with Crippen LogP contribution in [-0.4, -0.2) is 24.8 Å². The number of anilines is 1. The van der Waals surface area contributed by atoms with E-state index in [0.717, 1.165) is 28.3 Å². The summed E-state index contributed by atoms with van der Waals surface area (Å²) in [6.45, 7) is 4.02. The lowest BCUT2D eigenvalue weighted by atomic mass is 10.00. The van der Waals surface area contributed by atoms with Crippen LogP contribution in [0.5, 0.6) is 5.75 Å². The molecule has 0 radical (unpaired) electrons. The van der Waals surface area contributed by atoms with E-state index in [-0.39, 0.29) is 11.8 Å². The molecule has 0 saturated carbocycles. The first kappa shape index (κ1) is 15.3. The van der Waals surface area contributed by atoms with Crippen molar-refractivity contribution >= 4 is 17.3 Å². The van der Waals surface area contributed by atoms with Gasteiger partial charge in [-0.05, 0) is 36.2 Å². The number of benzene rings is 2. The molecule has 4 heteroatoms. The van der Waals surface area contributed by atoms with Crippen molar-refractivity contribution in [1.82, 2.24) is 0 Å². The first-order valence-corrected chi connectivity index (χ1v) is 7.72. The van der Waals surface area contributed by atoms with Gasteiger partial charge in [-0.25, -0.2) is 0 Å². The normalized spacial score (nSPS) is 17.1. The molecule has 2 aromatic carbocycles. The third-order valence-corrected chi connectivity index (χ3v) is 3.97. The number of fused-ring (bicyclic) bond motifs is 1. The van der Waals surface area contributed by atoms with Gasteiger partial charge in [-0.2, -0.15) is 0 Å². The molecule has 0 aliphatic carbocycles. The number of hydrogen-bond acceptors (Lipinski definition) is 3. The Labute approximate surface area is 136 Å². The van der Waals surface area contributed by atoms with Crippen LogP contribution in [0.2, 0.25) is 0 Å². The highest BCUT2D eigenvalue weighted by molar-refractivity contribution is 6.19. The lowest BCUT2D eigenvalue weighted by Gasteiger charge is -2.14. The van der Waals surface area contributed by atoms with Crippen LogP contribution in [0, 0.1) is 5.92 Å². The molecule has 3 rings (SSSR count). The Morgan fingerprint density at radius 1 is 1.09 bits per heavy atom. The van der Waals surface area contributed by atoms with Crippen molar-refractivity contribution < 1.29 is 9.53 Å². The Hall–Kier alpha value is -2.62. The number of hydrogen-bond donors (Lipinski definition) is 1. The predicted octanol–water partition coefficient (Wildman–Crippen LogP) is 3.51. The summed E-state index contributed by atoms with van der Waals surface area (Å²) in [6, 6.07) is 15.1. The Morgan fingerprint density at radius 3 is 2.43 bits per heavy atom. The molecule has 1 aliphatic heterocycles. The maximum atomic E-state index is 12.5. The van der Waals surface area contributed by atoms with Gasteiger partial charge in [0.2, 0.25) is 5.91 Å². The van der Waals surface area contributed by atoms with Crippen LogP contribution in [0.25, 0.3) is 0 Å². The average molecular weight is 308 g/mol. The number of aliphatic imine (C=N–C) groups is 1. The topological polar surface area (TPSA) is 50.7 Å². The fourth-order valence-electron chi connectivity index (χ4n) is 2.70. The summed E-state index contributed by atoms with van der Waals surface area (Å²) in [6.07, 6.45) is 0. The number of methoxy groups -OCH3 is 1. The summed E-state index contributed by atoms with van der Waals surface area (Å²) in [5, 5.41) is 3.00. The minimum atomic E-state index is -0.403. The molecule has 1 atom stereocenters. The highest BCUT2D eigenvalue weighted by Crippen LogP contribution is 2.26. The van der Waals surface area contributed by atoms with Gasteiger partial charge in [-0.3, -0.25) is 9.79 Å². The molecule has 0 saturated heterocycles. The number of para-hydroxylation sites is 1. The molecule has 0 spiro atoms. The molecule has 4 nitrogen and oxygen atoms in total. The quantitative estimate of drug-likeness (QED) is 0.943. The van der Waals surface area contributed by atoms with Crippen LogP contribution in [0.3, 0.4) is 0 Å². The summed E-state index contributed by atoms with van der Waals surface area (Å²) in [5.41, 5.74) is 3.55. The second-order valence-electron chi connectivity index (χ2n) is 5.93. The van der Waals surface area contributed by atoms with Gasteiger partial charge in [-0.1, -0.05) is 32.0 Å². The van der Waals surface area contributed by atoms with Crippen LogP contribution in [0.1, 0.15) is 25.0 Å². The van der Waals surface area contributed by atoms with Crippen molar-refractivity contribution in [3.05, 3.63) is 59.7 Å². The predicted molar refractivity (Wildman–Crippen MR) is 92.3 cm³/mol. The lowest BCUT2D eigenvalue weighted by molar-refractivity contribution is -0.118. The number of amides is 1. The molecule has 2 aromatic rings. The largest absolute Gasteiger partial charge is 0.497 e. The van der Waals surface area contributed by atoms with Gasteiger partial charge < -0.3 is 10.1 Å². The second kappa shape index (κ2) is 6.24. The number of nitrogens with one attached hydrogen (secondary N) is 1. The molecule has 118 valence electrons. The van der Waals surface area contributed by atoms with Crippen LogP contribution in [0.4, 0.5) is 5.69 Å². The molecule has 23 heavy (non-hydrogen) atoms. The summed E-state index contributed by atoms with van der Waals surface area (Å²) in [5.74, 6) is 0.861. The molecule has 0 aromatic heterocycles. The lowest BCUT2D eigenvalue weighted by Crippen LogP contribution is -2.30. The smallest absolute Gasteiger partial charge is 0.249 e.